The number of benzene rings is 2. The van der Waals surface area contributed by atoms with Crippen molar-refractivity contribution in [2.45, 2.75) is 122 Å². The Morgan fingerprint density at radius 2 is 1.80 bits per heavy atom. The zero-order valence-electron chi connectivity index (χ0n) is 35.5. The summed E-state index contributed by atoms with van der Waals surface area (Å²) in [5, 5.41) is 17.2. The van der Waals surface area contributed by atoms with Crippen molar-refractivity contribution < 1.29 is 33.0 Å². The number of ether oxygens (including phenoxy) is 2. The highest BCUT2D eigenvalue weighted by Gasteiger charge is 2.51. The molecule has 0 aliphatic carbocycles. The fraction of sp³-hybridized carbons (Fsp3) is 0.578. The van der Waals surface area contributed by atoms with Crippen LogP contribution in [0.25, 0.3) is 10.8 Å². The van der Waals surface area contributed by atoms with Gasteiger partial charge < -0.3 is 34.2 Å². The van der Waals surface area contributed by atoms with E-state index < -0.39 is 11.8 Å². The van der Waals surface area contributed by atoms with Gasteiger partial charge in [-0.1, -0.05) is 13.0 Å². The Kier molecular flexibility index (Phi) is 9.79. The summed E-state index contributed by atoms with van der Waals surface area (Å²) in [5.74, 6) is 0.473. The number of carbonyl (C=O) groups is 2. The number of hydrogen-bond donors (Lipinski definition) is 1. The molecule has 2 bridgehead atoms. The molecule has 2 aromatic heterocycles. The summed E-state index contributed by atoms with van der Waals surface area (Å²) in [7, 11) is 0. The lowest BCUT2D eigenvalue weighted by atomic mass is 9.87. The second-order valence-electron chi connectivity index (χ2n) is 18.9. The lowest BCUT2D eigenvalue weighted by Gasteiger charge is -2.55. The molecule has 0 spiro atoms. The number of phenolic OH excluding ortho intramolecular Hbond substituents is 1. The van der Waals surface area contributed by atoms with Crippen LogP contribution in [0.15, 0.2) is 30.3 Å². The van der Waals surface area contributed by atoms with Crippen LogP contribution < -0.4 is 14.5 Å². The zero-order valence-corrected chi connectivity index (χ0v) is 35.5. The summed E-state index contributed by atoms with van der Waals surface area (Å²) in [6.45, 7) is 12.7. The summed E-state index contributed by atoms with van der Waals surface area (Å²) in [4.78, 5) is 47.2. The number of anilines is 2. The number of piperazine rings is 1. The molecule has 2 aromatic carbocycles. The monoisotopic (exact) mass is 839 g/mol. The zero-order chi connectivity index (χ0) is 42.4. The van der Waals surface area contributed by atoms with Crippen molar-refractivity contribution in [3.63, 3.8) is 0 Å². The van der Waals surface area contributed by atoms with Crippen LogP contribution in [0.5, 0.6) is 11.8 Å². The highest BCUT2D eigenvalue weighted by molar-refractivity contribution is 5.98. The topological polar surface area (TPSA) is 133 Å². The van der Waals surface area contributed by atoms with Crippen molar-refractivity contribution in [1.29, 1.82) is 0 Å². The maximum absolute atomic E-state index is 15.2. The number of aromatic hydroxyl groups is 1. The molecular weight excluding hydrogens is 785 g/mol. The van der Waals surface area contributed by atoms with Crippen LogP contribution in [0.2, 0.25) is 0 Å². The molecule has 324 valence electrons. The minimum atomic E-state index is -0.890. The summed E-state index contributed by atoms with van der Waals surface area (Å²) < 4.78 is 44.1. The number of aryl methyl sites for hydroxylation is 2. The molecule has 16 heteroatoms. The van der Waals surface area contributed by atoms with E-state index in [2.05, 4.69) is 14.7 Å². The molecule has 0 saturated carbocycles. The fourth-order valence-electron chi connectivity index (χ4n) is 10.9. The third-order valence-corrected chi connectivity index (χ3v) is 13.7. The third kappa shape index (κ3) is 7.17. The van der Waals surface area contributed by atoms with E-state index in [1.54, 1.807) is 23.1 Å². The number of piperidine rings is 1. The highest BCUT2D eigenvalue weighted by Crippen LogP contribution is 2.42. The molecule has 0 radical (unpaired) electrons. The van der Waals surface area contributed by atoms with E-state index in [0.29, 0.717) is 82.9 Å². The average Bonchev–Trinajstić information content (AvgIpc) is 3.85. The van der Waals surface area contributed by atoms with Crippen LogP contribution in [0.1, 0.15) is 92.8 Å². The minimum absolute atomic E-state index is 0.0800. The van der Waals surface area contributed by atoms with Crippen LogP contribution in [-0.4, -0.2) is 127 Å². The van der Waals surface area contributed by atoms with E-state index in [9.17, 15) is 19.1 Å². The van der Waals surface area contributed by atoms with Gasteiger partial charge in [-0.05, 0) is 95.0 Å². The van der Waals surface area contributed by atoms with Crippen LogP contribution in [0.4, 0.5) is 25.1 Å². The van der Waals surface area contributed by atoms with Gasteiger partial charge in [0.1, 0.15) is 35.8 Å². The Hall–Kier alpha value is -5.25. The first-order valence-electron chi connectivity index (χ1n) is 22.0. The molecule has 4 fully saturated rings. The number of nitrogens with zero attached hydrogens (tertiary/aromatic N) is 9. The Morgan fingerprint density at radius 3 is 2.59 bits per heavy atom. The van der Waals surface area contributed by atoms with Gasteiger partial charge in [0.2, 0.25) is 0 Å². The molecule has 8 heterocycles. The molecule has 1 N–H and O–H groups in total. The van der Waals surface area contributed by atoms with Crippen molar-refractivity contribution in [3.8, 4) is 11.8 Å². The molecule has 2 amide bonds. The molecule has 6 aliphatic heterocycles. The largest absolute Gasteiger partial charge is 0.508 e. The Balaban J connectivity index is 0.940. The number of carbonyl (C=O) groups excluding carboxylic acids is 2. The summed E-state index contributed by atoms with van der Waals surface area (Å²) in [6, 6.07) is 8.54. The van der Waals surface area contributed by atoms with E-state index in [1.807, 2.05) is 43.3 Å². The third-order valence-electron chi connectivity index (χ3n) is 13.7. The first-order valence-corrected chi connectivity index (χ1v) is 22.0. The summed E-state index contributed by atoms with van der Waals surface area (Å²) in [6.07, 6.45) is 3.75. The van der Waals surface area contributed by atoms with Crippen LogP contribution in [-0.2, 0) is 37.2 Å². The fourth-order valence-corrected chi connectivity index (χ4v) is 10.9. The van der Waals surface area contributed by atoms with Gasteiger partial charge >= 0.3 is 12.1 Å². The number of hydrogen-bond acceptors (Lipinski definition) is 11. The van der Waals surface area contributed by atoms with Crippen molar-refractivity contribution in [3.05, 3.63) is 64.4 Å². The van der Waals surface area contributed by atoms with Gasteiger partial charge in [-0.25, -0.2) is 13.6 Å². The second-order valence-corrected chi connectivity index (χ2v) is 18.9. The van der Waals surface area contributed by atoms with Crippen LogP contribution in [0.3, 0.4) is 0 Å². The van der Waals surface area contributed by atoms with E-state index in [1.165, 1.54) is 6.07 Å². The predicted octanol–water partition coefficient (Wildman–Crippen LogP) is 6.00. The van der Waals surface area contributed by atoms with Crippen LogP contribution in [0, 0.1) is 5.82 Å². The number of halogens is 2. The maximum Gasteiger partial charge on any atom is 0.410 e. The van der Waals surface area contributed by atoms with Gasteiger partial charge in [0, 0.05) is 68.4 Å². The second kappa shape index (κ2) is 15.0. The Morgan fingerprint density at radius 1 is 0.984 bits per heavy atom. The number of amides is 2. The normalized spacial score (nSPS) is 24.9. The van der Waals surface area contributed by atoms with Gasteiger partial charge in [-0.3, -0.25) is 14.4 Å². The molecule has 4 saturated heterocycles. The lowest BCUT2D eigenvalue weighted by molar-refractivity contribution is -0.0561. The first-order chi connectivity index (χ1) is 29.3. The number of aromatic nitrogens is 4. The number of alkyl halides is 1. The molecule has 14 nitrogen and oxygen atoms in total. The lowest BCUT2D eigenvalue weighted by Crippen LogP contribution is -2.71. The van der Waals surface area contributed by atoms with Gasteiger partial charge in [0.25, 0.3) is 5.91 Å². The standard InChI is InChI=1S/C45H55F2N9O5/c1-5-33-35(47)9-8-27-16-32(57)19-38(39(27)33)51-15-10-34-37(25-51)48-42(60-26-45-11-6-13-54(45)21-28(46)20-45)49-40(34)52-12-7-14-55-29(22-52)18-36(50-55)41(58)56-30-17-31(56)24-53(23-30)43(59)61-44(2,3)4/h8-9,16,18-19,28,30-31,57H,5-7,10-15,17,20-26H2,1-4H3/t28-,30-,31+,45+/m1/s1. The first kappa shape index (κ1) is 39.9. The van der Waals surface area contributed by atoms with Crippen molar-refractivity contribution in [2.24, 2.45) is 0 Å². The predicted molar refractivity (Wildman–Crippen MR) is 224 cm³/mol. The Labute approximate surface area is 354 Å². The van der Waals surface area contributed by atoms with Gasteiger partial charge in [-0.2, -0.15) is 15.1 Å². The smallest absolute Gasteiger partial charge is 0.410 e. The molecular formula is C45H55F2N9O5. The molecule has 10 rings (SSSR count). The van der Waals surface area contributed by atoms with Crippen molar-refractivity contribution in [1.82, 2.24) is 34.4 Å². The molecule has 61 heavy (non-hydrogen) atoms. The molecule has 4 aromatic rings. The van der Waals surface area contributed by atoms with Crippen molar-refractivity contribution >= 4 is 34.3 Å². The number of fused-ring (bicyclic) bond motifs is 6. The summed E-state index contributed by atoms with van der Waals surface area (Å²) in [5.41, 5.74) is 3.45. The van der Waals surface area contributed by atoms with Gasteiger partial charge in [-0.15, -0.1) is 0 Å². The molecule has 0 unspecified atom stereocenters. The SMILES string of the molecule is CCc1c(F)ccc2cc(O)cc(N3CCc4c(nc(OC[C@@]56CCCN5C[C@H](F)C6)nc4N4CCCn5nc(C(=O)N6[C@@H]7C[C@H]6CN(C(=O)OC(C)(C)C)C7)cc5C4)C3)c12. The van der Waals surface area contributed by atoms with Crippen molar-refractivity contribution in [2.75, 3.05) is 55.7 Å². The van der Waals surface area contributed by atoms with E-state index in [-0.39, 0.29) is 53.8 Å². The number of phenols is 1. The highest BCUT2D eigenvalue weighted by atomic mass is 19.1. The van der Waals surface area contributed by atoms with E-state index >= 15 is 4.39 Å². The van der Waals surface area contributed by atoms with Gasteiger partial charge in [0.15, 0.2) is 5.69 Å². The summed E-state index contributed by atoms with van der Waals surface area (Å²) >= 11 is 0. The minimum Gasteiger partial charge on any atom is -0.508 e. The molecule has 4 atom stereocenters. The maximum atomic E-state index is 15.2. The molecule has 6 aliphatic rings. The number of likely N-dealkylation sites (tertiary alicyclic amines) is 2. The quantitative estimate of drug-likeness (QED) is 0.235. The van der Waals surface area contributed by atoms with Gasteiger partial charge in [0.05, 0.1) is 42.1 Å². The van der Waals surface area contributed by atoms with Crippen LogP contribution >= 0.6 is 0 Å². The number of rotatable bonds is 7. The van der Waals surface area contributed by atoms with E-state index in [4.69, 9.17) is 24.5 Å². The van der Waals surface area contributed by atoms with E-state index in [0.717, 1.165) is 71.5 Å². The average molecular weight is 840 g/mol. The Bertz CT molecular complexity index is 2390.